The van der Waals surface area contributed by atoms with Gasteiger partial charge in [-0.15, -0.1) is 0 Å². The van der Waals surface area contributed by atoms with Crippen molar-refractivity contribution in [3.05, 3.63) is 47.3 Å². The van der Waals surface area contributed by atoms with Gasteiger partial charge in [-0.05, 0) is 49.7 Å². The Morgan fingerprint density at radius 2 is 1.56 bits per heavy atom. The molecule has 12 heteroatoms. The lowest BCUT2D eigenvalue weighted by Crippen LogP contribution is -2.50. The number of aliphatic carboxylic acids is 2. The van der Waals surface area contributed by atoms with Crippen molar-refractivity contribution in [2.45, 2.75) is 63.6 Å². The molecule has 2 unspecified atom stereocenters. The lowest BCUT2D eigenvalue weighted by molar-refractivity contribution is -0.136. The van der Waals surface area contributed by atoms with E-state index in [-0.39, 0.29) is 54.3 Å². The first kappa shape index (κ1) is 28.8. The molecule has 2 aliphatic heterocycles. The van der Waals surface area contributed by atoms with Gasteiger partial charge in [0.25, 0.3) is 0 Å². The summed E-state index contributed by atoms with van der Waals surface area (Å²) in [5.74, 6) is -5.64. The number of carbonyl (C=O) groups excluding carboxylic acids is 2. The molecule has 1 aromatic carbocycles. The van der Waals surface area contributed by atoms with E-state index >= 15 is 0 Å². The SMILES string of the molecule is CC(=O)NCCC(=O)N1C2CCC1CC([C@H](N)Cc1cc(F)c(F)cc1F)C2.O=C(O)/C=C\C(=O)O. The third-order valence-electron chi connectivity index (χ3n) is 6.29. The maximum atomic E-state index is 13.9. The van der Waals surface area contributed by atoms with Gasteiger partial charge in [0, 0.05) is 56.2 Å². The van der Waals surface area contributed by atoms with Crippen LogP contribution in [0.4, 0.5) is 13.2 Å². The molecule has 3 atom stereocenters. The number of piperidine rings is 1. The molecular weight excluding hydrogens is 483 g/mol. The molecule has 2 fully saturated rings. The highest BCUT2D eigenvalue weighted by Crippen LogP contribution is 2.40. The maximum Gasteiger partial charge on any atom is 0.328 e. The molecule has 2 amide bonds. The number of nitrogens with two attached hydrogens (primary N) is 1. The Kier molecular flexibility index (Phi) is 10.5. The van der Waals surface area contributed by atoms with Crippen LogP contribution < -0.4 is 11.1 Å². The van der Waals surface area contributed by atoms with Crippen LogP contribution in [0.2, 0.25) is 0 Å². The van der Waals surface area contributed by atoms with E-state index in [1.165, 1.54) is 6.92 Å². The molecule has 2 aliphatic rings. The molecule has 36 heavy (non-hydrogen) atoms. The van der Waals surface area contributed by atoms with Gasteiger partial charge >= 0.3 is 11.9 Å². The molecule has 0 spiro atoms. The van der Waals surface area contributed by atoms with Crippen LogP contribution in [0.5, 0.6) is 0 Å². The number of nitrogens with zero attached hydrogens (tertiary/aromatic N) is 1. The molecule has 9 nitrogen and oxygen atoms in total. The zero-order valence-corrected chi connectivity index (χ0v) is 19.8. The van der Waals surface area contributed by atoms with Gasteiger partial charge in [0.05, 0.1) is 0 Å². The topological polar surface area (TPSA) is 150 Å². The number of nitrogens with one attached hydrogen (secondary N) is 1. The summed E-state index contributed by atoms with van der Waals surface area (Å²) in [6, 6.07) is 1.22. The molecule has 2 heterocycles. The maximum absolute atomic E-state index is 13.9. The van der Waals surface area contributed by atoms with Crippen LogP contribution in [0.25, 0.3) is 0 Å². The van der Waals surface area contributed by atoms with Crippen molar-refractivity contribution in [2.24, 2.45) is 11.7 Å². The number of halogens is 3. The number of carboxylic acids is 2. The van der Waals surface area contributed by atoms with Gasteiger partial charge in [0.2, 0.25) is 11.8 Å². The summed E-state index contributed by atoms with van der Waals surface area (Å²) in [5.41, 5.74) is 6.37. The van der Waals surface area contributed by atoms with Gasteiger partial charge < -0.3 is 26.2 Å². The number of benzene rings is 1. The Balaban J connectivity index is 0.000000493. The van der Waals surface area contributed by atoms with Crippen molar-refractivity contribution in [3.8, 4) is 0 Å². The Morgan fingerprint density at radius 1 is 1.03 bits per heavy atom. The largest absolute Gasteiger partial charge is 0.478 e. The number of amides is 2. The van der Waals surface area contributed by atoms with E-state index in [0.29, 0.717) is 24.8 Å². The highest BCUT2D eigenvalue weighted by atomic mass is 19.2. The third-order valence-corrected chi connectivity index (χ3v) is 6.29. The zero-order chi connectivity index (χ0) is 27.0. The van der Waals surface area contributed by atoms with Gasteiger partial charge in [-0.3, -0.25) is 9.59 Å². The minimum absolute atomic E-state index is 0.0277. The lowest BCUT2D eigenvalue weighted by Gasteiger charge is -2.41. The summed E-state index contributed by atoms with van der Waals surface area (Å²) in [5, 5.41) is 18.3. The molecule has 1 aromatic rings. The Labute approximate surface area is 206 Å². The van der Waals surface area contributed by atoms with E-state index in [1.54, 1.807) is 0 Å². The van der Waals surface area contributed by atoms with Crippen molar-refractivity contribution < 1.29 is 42.6 Å². The standard InChI is InChI=1S/C20H26F3N3O2.C4H4O4/c1-11(27)25-5-4-20(28)26-14-2-3-15(26)7-13(6-14)19(24)9-12-8-17(22)18(23)10-16(12)21;5-3(6)1-2-4(7)8/h8,10,13-15,19H,2-7,9,24H2,1H3,(H,25,27);1-2H,(H,5,6)(H,7,8)/b;2-1-/t13?,14?,15?,19-;/m1./s1. The fraction of sp³-hybridized carbons (Fsp3) is 0.500. The van der Waals surface area contributed by atoms with Crippen LogP contribution in [0.3, 0.4) is 0 Å². The molecule has 2 bridgehead atoms. The van der Waals surface area contributed by atoms with Crippen LogP contribution in [-0.4, -0.2) is 63.5 Å². The average Bonchev–Trinajstić information content (AvgIpc) is 3.05. The number of carbonyl (C=O) groups is 4. The van der Waals surface area contributed by atoms with Crippen LogP contribution >= 0.6 is 0 Å². The number of hydrogen-bond donors (Lipinski definition) is 4. The molecule has 0 saturated carbocycles. The normalized spacial score (nSPS) is 21.5. The zero-order valence-electron chi connectivity index (χ0n) is 19.8. The highest BCUT2D eigenvalue weighted by molar-refractivity contribution is 5.89. The number of rotatable bonds is 8. The Morgan fingerprint density at radius 3 is 2.06 bits per heavy atom. The first-order valence-electron chi connectivity index (χ1n) is 11.5. The van der Waals surface area contributed by atoms with E-state index in [1.807, 2.05) is 4.90 Å². The summed E-state index contributed by atoms with van der Waals surface area (Å²) in [7, 11) is 0. The Hall–Kier alpha value is -3.41. The smallest absolute Gasteiger partial charge is 0.328 e. The van der Waals surface area contributed by atoms with E-state index < -0.39 is 29.4 Å². The number of carboxylic acid groups (broad SMARTS) is 2. The van der Waals surface area contributed by atoms with Gasteiger partial charge in [0.15, 0.2) is 11.6 Å². The Bertz CT molecular complexity index is 989. The van der Waals surface area contributed by atoms with Crippen molar-refractivity contribution in [1.82, 2.24) is 10.2 Å². The van der Waals surface area contributed by atoms with Crippen molar-refractivity contribution >= 4 is 23.8 Å². The van der Waals surface area contributed by atoms with Gasteiger partial charge in [0.1, 0.15) is 5.82 Å². The van der Waals surface area contributed by atoms with Gasteiger partial charge in [-0.1, -0.05) is 0 Å². The summed E-state index contributed by atoms with van der Waals surface area (Å²) in [6.07, 6.45) is 4.75. The van der Waals surface area contributed by atoms with Crippen LogP contribution in [0.1, 0.15) is 44.6 Å². The monoisotopic (exact) mass is 513 g/mol. The van der Waals surface area contributed by atoms with Crippen LogP contribution in [-0.2, 0) is 25.6 Å². The molecule has 0 aromatic heterocycles. The number of hydrogen-bond acceptors (Lipinski definition) is 5. The minimum Gasteiger partial charge on any atom is -0.478 e. The van der Waals surface area contributed by atoms with Crippen LogP contribution in [0, 0.1) is 23.4 Å². The van der Waals surface area contributed by atoms with Crippen molar-refractivity contribution in [3.63, 3.8) is 0 Å². The molecular formula is C24H30F3N3O6. The quantitative estimate of drug-likeness (QED) is 0.307. The highest BCUT2D eigenvalue weighted by Gasteiger charge is 2.44. The molecule has 3 rings (SSSR count). The number of fused-ring (bicyclic) bond motifs is 2. The summed E-state index contributed by atoms with van der Waals surface area (Å²) in [4.78, 5) is 44.5. The summed E-state index contributed by atoms with van der Waals surface area (Å²) in [6.45, 7) is 1.74. The van der Waals surface area contributed by atoms with E-state index in [2.05, 4.69) is 5.32 Å². The van der Waals surface area contributed by atoms with E-state index in [0.717, 1.165) is 31.7 Å². The third kappa shape index (κ3) is 8.36. The lowest BCUT2D eigenvalue weighted by atomic mass is 9.82. The second-order valence-electron chi connectivity index (χ2n) is 8.89. The summed E-state index contributed by atoms with van der Waals surface area (Å²) >= 11 is 0. The summed E-state index contributed by atoms with van der Waals surface area (Å²) < 4.78 is 40.5. The van der Waals surface area contributed by atoms with E-state index in [9.17, 15) is 32.3 Å². The van der Waals surface area contributed by atoms with Gasteiger partial charge in [-0.2, -0.15) is 0 Å². The predicted octanol–water partition coefficient (Wildman–Crippen LogP) is 1.98. The van der Waals surface area contributed by atoms with Crippen LogP contribution in [0.15, 0.2) is 24.3 Å². The van der Waals surface area contributed by atoms with Crippen molar-refractivity contribution in [1.29, 1.82) is 0 Å². The average molecular weight is 514 g/mol. The molecule has 2 saturated heterocycles. The molecule has 5 N–H and O–H groups in total. The van der Waals surface area contributed by atoms with Gasteiger partial charge in [-0.25, -0.2) is 22.8 Å². The fourth-order valence-electron chi connectivity index (χ4n) is 4.73. The molecule has 0 radical (unpaired) electrons. The predicted molar refractivity (Wildman–Crippen MR) is 122 cm³/mol. The second-order valence-corrected chi connectivity index (χ2v) is 8.89. The second kappa shape index (κ2) is 13.1. The fourth-order valence-corrected chi connectivity index (χ4v) is 4.73. The minimum atomic E-state index is -1.26. The van der Waals surface area contributed by atoms with E-state index in [4.69, 9.17) is 15.9 Å². The first-order valence-corrected chi connectivity index (χ1v) is 11.5. The first-order chi connectivity index (χ1) is 16.9. The van der Waals surface area contributed by atoms with Crippen molar-refractivity contribution in [2.75, 3.05) is 6.54 Å². The molecule has 0 aliphatic carbocycles. The molecule has 198 valence electrons.